The van der Waals surface area contributed by atoms with Crippen molar-refractivity contribution in [1.29, 1.82) is 0 Å². The highest BCUT2D eigenvalue weighted by atomic mass is 19.4. The Bertz CT molecular complexity index is 1180. The van der Waals surface area contributed by atoms with Crippen LogP contribution < -0.4 is 10.6 Å². The summed E-state index contributed by atoms with van der Waals surface area (Å²) in [4.78, 5) is 44.5. The summed E-state index contributed by atoms with van der Waals surface area (Å²) in [5.74, 6) is -2.45. The Labute approximate surface area is 214 Å². The first kappa shape index (κ1) is 27.4. The molecule has 4 heterocycles. The van der Waals surface area contributed by atoms with Gasteiger partial charge in [0.15, 0.2) is 0 Å². The molecule has 1 saturated carbocycles. The minimum atomic E-state index is -5.08. The summed E-state index contributed by atoms with van der Waals surface area (Å²) in [7, 11) is 0. The number of aromatic nitrogens is 3. The molecule has 4 N–H and O–H groups in total. The van der Waals surface area contributed by atoms with E-state index in [4.69, 9.17) is 14.4 Å². The van der Waals surface area contributed by atoms with Crippen molar-refractivity contribution in [3.05, 3.63) is 29.9 Å². The standard InChI is InChI=1S/C21H26N6O4.C2HF3O2/c1-12-17(18(26-31-12)14-2-5-22-11-24-14)19(29)25-16-9-21(16)3-6-27(7-4-21)20(30)15-8-13(28)10-23-15;3-2(4,5)1(6)7/h2,5,11,13,15-16,23,28H,3-4,6-10H2,1H3,(H,25,29);(H,6,7)/t13-,15+,16?;/m0./s1. The fraction of sp³-hybridized carbons (Fsp3) is 0.565. The minimum Gasteiger partial charge on any atom is -0.475 e. The summed E-state index contributed by atoms with van der Waals surface area (Å²) in [6.07, 6.45) is 0.594. The molecule has 2 aliphatic heterocycles. The molecule has 0 bridgehead atoms. The van der Waals surface area contributed by atoms with Gasteiger partial charge in [-0.3, -0.25) is 9.59 Å². The van der Waals surface area contributed by atoms with Crippen LogP contribution in [0.1, 0.15) is 41.8 Å². The van der Waals surface area contributed by atoms with Crippen molar-refractivity contribution in [3.63, 3.8) is 0 Å². The molecule has 0 aromatic carbocycles. The van der Waals surface area contributed by atoms with E-state index in [1.54, 1.807) is 19.2 Å². The fourth-order valence-electron chi connectivity index (χ4n) is 4.88. The first-order valence-corrected chi connectivity index (χ1v) is 11.9. The van der Waals surface area contributed by atoms with Gasteiger partial charge in [0.2, 0.25) is 5.91 Å². The predicted molar refractivity (Wildman–Crippen MR) is 122 cm³/mol. The van der Waals surface area contributed by atoms with Crippen molar-refractivity contribution in [1.82, 2.24) is 30.7 Å². The van der Waals surface area contributed by atoms with Crippen LogP contribution in [0.2, 0.25) is 0 Å². The Hall–Kier alpha value is -3.59. The predicted octanol–water partition coefficient (Wildman–Crippen LogP) is 0.907. The summed E-state index contributed by atoms with van der Waals surface area (Å²) in [6.45, 7) is 3.55. The molecular formula is C23H27F3N6O6. The van der Waals surface area contributed by atoms with Gasteiger partial charge in [0.1, 0.15) is 23.3 Å². The van der Waals surface area contributed by atoms with E-state index in [0.717, 1.165) is 19.3 Å². The number of aliphatic hydroxyl groups is 1. The molecule has 2 aromatic rings. The lowest BCUT2D eigenvalue weighted by Gasteiger charge is -2.34. The molecule has 2 saturated heterocycles. The van der Waals surface area contributed by atoms with Crippen molar-refractivity contribution in [3.8, 4) is 11.4 Å². The van der Waals surface area contributed by atoms with Gasteiger partial charge in [0, 0.05) is 31.9 Å². The Morgan fingerprint density at radius 2 is 1.95 bits per heavy atom. The van der Waals surface area contributed by atoms with Gasteiger partial charge in [-0.15, -0.1) is 0 Å². The number of aliphatic hydroxyl groups excluding tert-OH is 1. The number of nitrogens with one attached hydrogen (secondary N) is 2. The number of piperidine rings is 1. The van der Waals surface area contributed by atoms with Gasteiger partial charge in [-0.2, -0.15) is 13.2 Å². The molecule has 3 fully saturated rings. The number of aryl methyl sites for hydroxylation is 1. The number of carboxylic acid groups (broad SMARTS) is 1. The lowest BCUT2D eigenvalue weighted by molar-refractivity contribution is -0.192. The molecule has 1 aliphatic carbocycles. The first-order valence-electron chi connectivity index (χ1n) is 11.9. The van der Waals surface area contributed by atoms with Crippen molar-refractivity contribution in [2.24, 2.45) is 5.41 Å². The number of nitrogens with zero attached hydrogens (tertiary/aromatic N) is 4. The van der Waals surface area contributed by atoms with Crippen LogP contribution in [0.5, 0.6) is 0 Å². The number of rotatable bonds is 4. The number of hydrogen-bond donors (Lipinski definition) is 4. The van der Waals surface area contributed by atoms with Gasteiger partial charge in [-0.1, -0.05) is 5.16 Å². The SMILES string of the molecule is Cc1onc(-c2ccncn2)c1C(=O)NC1CC12CCN(C(=O)[C@H]1C[C@H](O)CN1)CC2.O=C(O)C(F)(F)F. The number of aliphatic carboxylic acids is 1. The van der Waals surface area contributed by atoms with E-state index in [2.05, 4.69) is 25.8 Å². The Kier molecular flexibility index (Phi) is 7.69. The van der Waals surface area contributed by atoms with Crippen LogP contribution in [0, 0.1) is 12.3 Å². The maximum absolute atomic E-state index is 13.0. The van der Waals surface area contributed by atoms with E-state index in [1.165, 1.54) is 6.33 Å². The Morgan fingerprint density at radius 1 is 1.26 bits per heavy atom. The molecule has 38 heavy (non-hydrogen) atoms. The van der Waals surface area contributed by atoms with Gasteiger partial charge in [-0.25, -0.2) is 14.8 Å². The third kappa shape index (κ3) is 5.93. The second kappa shape index (κ2) is 10.6. The number of carboxylic acids is 1. The van der Waals surface area contributed by atoms with Crippen LogP contribution in [0.15, 0.2) is 23.1 Å². The van der Waals surface area contributed by atoms with E-state index < -0.39 is 18.2 Å². The van der Waals surface area contributed by atoms with Crippen LogP contribution in [0.25, 0.3) is 11.4 Å². The fourth-order valence-corrected chi connectivity index (χ4v) is 4.88. The molecular weight excluding hydrogens is 513 g/mol. The third-order valence-electron chi connectivity index (χ3n) is 7.13. The number of β-amino-alcohol motifs (C(OH)–C–C–N with tert-alkyl or cyclic N) is 1. The largest absolute Gasteiger partial charge is 0.490 e. The lowest BCUT2D eigenvalue weighted by Crippen LogP contribution is -2.48. The Balaban J connectivity index is 0.000000426. The quantitative estimate of drug-likeness (QED) is 0.437. The van der Waals surface area contributed by atoms with Crippen LogP contribution in [-0.4, -0.2) is 92.0 Å². The first-order chi connectivity index (χ1) is 17.9. The maximum atomic E-state index is 13.0. The zero-order valence-corrected chi connectivity index (χ0v) is 20.4. The van der Waals surface area contributed by atoms with Gasteiger partial charge >= 0.3 is 12.1 Å². The van der Waals surface area contributed by atoms with Crippen LogP contribution in [0.4, 0.5) is 13.2 Å². The zero-order valence-electron chi connectivity index (χ0n) is 20.4. The highest BCUT2D eigenvalue weighted by Gasteiger charge is 2.56. The van der Waals surface area contributed by atoms with Gasteiger partial charge in [-0.05, 0) is 44.1 Å². The molecule has 15 heteroatoms. The number of hydrogen-bond acceptors (Lipinski definition) is 9. The van der Waals surface area contributed by atoms with Crippen molar-refractivity contribution >= 4 is 17.8 Å². The Morgan fingerprint density at radius 3 is 2.50 bits per heavy atom. The van der Waals surface area contributed by atoms with E-state index in [0.29, 0.717) is 48.8 Å². The van der Waals surface area contributed by atoms with Crippen LogP contribution >= 0.6 is 0 Å². The summed E-state index contributed by atoms with van der Waals surface area (Å²) >= 11 is 0. The summed E-state index contributed by atoms with van der Waals surface area (Å²) < 4.78 is 37.0. The highest BCUT2D eigenvalue weighted by Crippen LogP contribution is 2.54. The molecule has 3 atom stereocenters. The van der Waals surface area contributed by atoms with Gasteiger partial charge in [0.25, 0.3) is 5.91 Å². The molecule has 3 aliphatic rings. The molecule has 0 radical (unpaired) electrons. The van der Waals surface area contributed by atoms with Crippen molar-refractivity contribution < 1.29 is 42.3 Å². The maximum Gasteiger partial charge on any atom is 0.490 e. The summed E-state index contributed by atoms with van der Waals surface area (Å²) in [5, 5.41) is 27.0. The summed E-state index contributed by atoms with van der Waals surface area (Å²) in [6, 6.07) is 1.49. The topological polar surface area (TPSA) is 171 Å². The van der Waals surface area contributed by atoms with Crippen LogP contribution in [-0.2, 0) is 9.59 Å². The monoisotopic (exact) mass is 540 g/mol. The number of carbonyl (C=O) groups excluding carboxylic acids is 2. The smallest absolute Gasteiger partial charge is 0.475 e. The van der Waals surface area contributed by atoms with Crippen molar-refractivity contribution in [2.45, 2.75) is 57.0 Å². The molecule has 206 valence electrons. The van der Waals surface area contributed by atoms with Crippen molar-refractivity contribution in [2.75, 3.05) is 19.6 Å². The average Bonchev–Trinajstić information content (AvgIpc) is 3.18. The van der Waals surface area contributed by atoms with E-state index >= 15 is 0 Å². The van der Waals surface area contributed by atoms with Gasteiger partial charge < -0.3 is 30.3 Å². The molecule has 5 rings (SSSR count). The molecule has 1 unspecified atom stereocenters. The van der Waals surface area contributed by atoms with Gasteiger partial charge in [0.05, 0.1) is 17.8 Å². The number of halogens is 3. The van der Waals surface area contributed by atoms with E-state index in [1.807, 2.05) is 4.90 Å². The lowest BCUT2D eigenvalue weighted by atomic mass is 9.92. The zero-order chi connectivity index (χ0) is 27.7. The van der Waals surface area contributed by atoms with E-state index in [9.17, 15) is 27.9 Å². The normalized spacial score (nSPS) is 23.9. The molecule has 2 amide bonds. The van der Waals surface area contributed by atoms with Crippen LogP contribution in [0.3, 0.4) is 0 Å². The second-order valence-electron chi connectivity index (χ2n) is 9.63. The number of likely N-dealkylation sites (tertiary alicyclic amines) is 1. The molecule has 12 nitrogen and oxygen atoms in total. The number of amides is 2. The minimum absolute atomic E-state index is 0.0508. The van der Waals surface area contributed by atoms with E-state index in [-0.39, 0.29) is 29.3 Å². The molecule has 1 spiro atoms. The average molecular weight is 540 g/mol. The third-order valence-corrected chi connectivity index (χ3v) is 7.13. The highest BCUT2D eigenvalue weighted by molar-refractivity contribution is 6.00. The summed E-state index contributed by atoms with van der Waals surface area (Å²) in [5.41, 5.74) is 1.41. The molecule has 2 aromatic heterocycles. The second-order valence-corrected chi connectivity index (χ2v) is 9.63. The number of carbonyl (C=O) groups is 3. The number of alkyl halides is 3.